The first-order valence-electron chi connectivity index (χ1n) is 6.46. The topological polar surface area (TPSA) is 39.7 Å². The molecule has 0 aliphatic carbocycles. The van der Waals surface area contributed by atoms with Gasteiger partial charge in [0.2, 0.25) is 0 Å². The van der Waals surface area contributed by atoms with Gasteiger partial charge in [0.1, 0.15) is 23.9 Å². The van der Waals surface area contributed by atoms with Gasteiger partial charge in [0.15, 0.2) is 0 Å². The zero-order valence-electron chi connectivity index (χ0n) is 11.8. The molecule has 0 amide bonds. The van der Waals surface area contributed by atoms with Gasteiger partial charge in [0, 0.05) is 30.4 Å². The van der Waals surface area contributed by atoms with E-state index in [9.17, 15) is 0 Å². The molecule has 20 heavy (non-hydrogen) atoms. The molecule has 0 atom stereocenters. The van der Waals surface area contributed by atoms with Crippen molar-refractivity contribution in [1.82, 2.24) is 0 Å². The Morgan fingerprint density at radius 3 is 2.05 bits per heavy atom. The summed E-state index contributed by atoms with van der Waals surface area (Å²) in [5.41, 5.74) is 1.08. The fraction of sp³-hybridized carbons (Fsp3) is 0.250. The predicted octanol–water partition coefficient (Wildman–Crippen LogP) is 3.19. The van der Waals surface area contributed by atoms with Crippen LogP contribution in [0.5, 0.6) is 17.2 Å². The van der Waals surface area contributed by atoms with Crippen molar-refractivity contribution in [2.75, 3.05) is 32.7 Å². The molecule has 0 aliphatic heterocycles. The Labute approximate surface area is 119 Å². The van der Waals surface area contributed by atoms with Gasteiger partial charge in [0.05, 0.1) is 14.2 Å². The highest BCUT2D eigenvalue weighted by molar-refractivity contribution is 5.43. The Balaban J connectivity index is 1.84. The summed E-state index contributed by atoms with van der Waals surface area (Å²) in [5, 5.41) is 3.28. The molecule has 2 rings (SSSR count). The van der Waals surface area contributed by atoms with E-state index in [1.54, 1.807) is 14.2 Å². The van der Waals surface area contributed by atoms with Crippen molar-refractivity contribution < 1.29 is 14.2 Å². The minimum Gasteiger partial charge on any atom is -0.496 e. The second-order valence-electron chi connectivity index (χ2n) is 4.19. The van der Waals surface area contributed by atoms with Gasteiger partial charge in [-0.05, 0) is 12.1 Å². The smallest absolute Gasteiger partial charge is 0.126 e. The van der Waals surface area contributed by atoms with Gasteiger partial charge in [-0.2, -0.15) is 0 Å². The van der Waals surface area contributed by atoms with Gasteiger partial charge in [-0.15, -0.1) is 0 Å². The SMILES string of the molecule is COc1cc(OC)cc(OCCNc2ccccc2)c1. The zero-order chi connectivity index (χ0) is 14.2. The Hall–Kier alpha value is -2.36. The molecule has 0 saturated heterocycles. The zero-order valence-corrected chi connectivity index (χ0v) is 11.8. The number of methoxy groups -OCH3 is 2. The molecule has 4 heteroatoms. The molecule has 0 unspecified atom stereocenters. The lowest BCUT2D eigenvalue weighted by molar-refractivity contribution is 0.324. The fourth-order valence-corrected chi connectivity index (χ4v) is 1.78. The maximum atomic E-state index is 5.69. The third kappa shape index (κ3) is 4.09. The molecule has 0 radical (unpaired) electrons. The summed E-state index contributed by atoms with van der Waals surface area (Å²) in [6, 6.07) is 15.5. The molecule has 106 valence electrons. The van der Waals surface area contributed by atoms with E-state index in [-0.39, 0.29) is 0 Å². The van der Waals surface area contributed by atoms with Crippen LogP contribution >= 0.6 is 0 Å². The van der Waals surface area contributed by atoms with Crippen LogP contribution in [0, 0.1) is 0 Å². The molecule has 0 bridgehead atoms. The van der Waals surface area contributed by atoms with Crippen LogP contribution in [0.1, 0.15) is 0 Å². The molecule has 4 nitrogen and oxygen atoms in total. The summed E-state index contributed by atoms with van der Waals surface area (Å²) in [4.78, 5) is 0. The average molecular weight is 273 g/mol. The van der Waals surface area contributed by atoms with Gasteiger partial charge < -0.3 is 19.5 Å². The molecular formula is C16H19NO3. The molecule has 0 saturated carbocycles. The highest BCUT2D eigenvalue weighted by Crippen LogP contribution is 2.27. The number of hydrogen-bond donors (Lipinski definition) is 1. The van der Waals surface area contributed by atoms with Gasteiger partial charge in [-0.1, -0.05) is 18.2 Å². The number of ether oxygens (including phenoxy) is 3. The van der Waals surface area contributed by atoms with Crippen LogP contribution in [0.25, 0.3) is 0 Å². The summed E-state index contributed by atoms with van der Waals surface area (Å²) < 4.78 is 16.1. The van der Waals surface area contributed by atoms with Crippen molar-refractivity contribution in [3.05, 3.63) is 48.5 Å². The lowest BCUT2D eigenvalue weighted by atomic mass is 10.3. The van der Waals surface area contributed by atoms with E-state index in [2.05, 4.69) is 5.32 Å². The Morgan fingerprint density at radius 1 is 0.850 bits per heavy atom. The maximum absolute atomic E-state index is 5.69. The normalized spacial score (nSPS) is 9.90. The molecule has 0 spiro atoms. The van der Waals surface area contributed by atoms with Gasteiger partial charge in [0.25, 0.3) is 0 Å². The molecule has 0 aliphatic rings. The Kier molecular flexibility index (Phi) is 5.12. The summed E-state index contributed by atoms with van der Waals surface area (Å²) in [6.45, 7) is 1.29. The number of para-hydroxylation sites is 1. The summed E-state index contributed by atoms with van der Waals surface area (Å²) in [7, 11) is 3.24. The monoisotopic (exact) mass is 273 g/mol. The maximum Gasteiger partial charge on any atom is 0.126 e. The third-order valence-corrected chi connectivity index (χ3v) is 2.80. The van der Waals surface area contributed by atoms with E-state index in [4.69, 9.17) is 14.2 Å². The van der Waals surface area contributed by atoms with Crippen LogP contribution < -0.4 is 19.5 Å². The first-order valence-corrected chi connectivity index (χ1v) is 6.46. The molecule has 0 heterocycles. The highest BCUT2D eigenvalue weighted by Gasteiger charge is 2.02. The van der Waals surface area contributed by atoms with E-state index in [0.717, 1.165) is 29.5 Å². The molecule has 0 aromatic heterocycles. The van der Waals surface area contributed by atoms with E-state index in [1.165, 1.54) is 0 Å². The van der Waals surface area contributed by atoms with Crippen molar-refractivity contribution in [3.8, 4) is 17.2 Å². The van der Waals surface area contributed by atoms with Crippen molar-refractivity contribution in [2.45, 2.75) is 0 Å². The van der Waals surface area contributed by atoms with Crippen LogP contribution in [-0.4, -0.2) is 27.4 Å². The van der Waals surface area contributed by atoms with Crippen LogP contribution in [0.15, 0.2) is 48.5 Å². The van der Waals surface area contributed by atoms with Crippen LogP contribution in [0.4, 0.5) is 5.69 Å². The minimum absolute atomic E-state index is 0.561. The number of benzene rings is 2. The standard InChI is InChI=1S/C16H19NO3/c1-18-14-10-15(19-2)12-16(11-14)20-9-8-17-13-6-4-3-5-7-13/h3-7,10-12,17H,8-9H2,1-2H3. The van der Waals surface area contributed by atoms with Gasteiger partial charge in [-0.25, -0.2) is 0 Å². The van der Waals surface area contributed by atoms with E-state index in [0.29, 0.717) is 6.61 Å². The van der Waals surface area contributed by atoms with Crippen LogP contribution in [0.3, 0.4) is 0 Å². The molecular weight excluding hydrogens is 254 g/mol. The highest BCUT2D eigenvalue weighted by atomic mass is 16.5. The molecule has 0 fully saturated rings. The number of rotatable bonds is 7. The Bertz CT molecular complexity index is 506. The van der Waals surface area contributed by atoms with Gasteiger partial charge in [-0.3, -0.25) is 0 Å². The largest absolute Gasteiger partial charge is 0.496 e. The number of hydrogen-bond acceptors (Lipinski definition) is 4. The van der Waals surface area contributed by atoms with E-state index >= 15 is 0 Å². The summed E-state index contributed by atoms with van der Waals surface area (Å²) >= 11 is 0. The van der Waals surface area contributed by atoms with Crippen molar-refractivity contribution in [1.29, 1.82) is 0 Å². The second-order valence-corrected chi connectivity index (χ2v) is 4.19. The van der Waals surface area contributed by atoms with Crippen molar-refractivity contribution in [3.63, 3.8) is 0 Å². The van der Waals surface area contributed by atoms with E-state index in [1.807, 2.05) is 48.5 Å². The minimum atomic E-state index is 0.561. The molecule has 2 aromatic rings. The first kappa shape index (κ1) is 14.1. The molecule has 1 N–H and O–H groups in total. The Morgan fingerprint density at radius 2 is 1.45 bits per heavy atom. The van der Waals surface area contributed by atoms with Crippen LogP contribution in [0.2, 0.25) is 0 Å². The summed E-state index contributed by atoms with van der Waals surface area (Å²) in [5.74, 6) is 2.17. The lowest BCUT2D eigenvalue weighted by Gasteiger charge is -2.11. The molecule has 2 aromatic carbocycles. The predicted molar refractivity (Wildman–Crippen MR) is 80.0 cm³/mol. The van der Waals surface area contributed by atoms with Crippen LogP contribution in [-0.2, 0) is 0 Å². The van der Waals surface area contributed by atoms with E-state index < -0.39 is 0 Å². The number of nitrogens with one attached hydrogen (secondary N) is 1. The van der Waals surface area contributed by atoms with Gasteiger partial charge >= 0.3 is 0 Å². The van der Waals surface area contributed by atoms with Crippen molar-refractivity contribution >= 4 is 5.69 Å². The lowest BCUT2D eigenvalue weighted by Crippen LogP contribution is -2.11. The second kappa shape index (κ2) is 7.28. The fourth-order valence-electron chi connectivity index (χ4n) is 1.78. The third-order valence-electron chi connectivity index (χ3n) is 2.80. The summed E-state index contributed by atoms with van der Waals surface area (Å²) in [6.07, 6.45) is 0. The van der Waals surface area contributed by atoms with Crippen molar-refractivity contribution in [2.24, 2.45) is 0 Å². The first-order chi connectivity index (χ1) is 9.81. The average Bonchev–Trinajstić information content (AvgIpc) is 2.52. The number of anilines is 1. The quantitative estimate of drug-likeness (QED) is 0.786.